The van der Waals surface area contributed by atoms with E-state index in [2.05, 4.69) is 5.10 Å². The van der Waals surface area contributed by atoms with E-state index in [1.165, 1.54) is 0 Å². The van der Waals surface area contributed by atoms with Gasteiger partial charge in [0, 0.05) is 7.05 Å². The molecule has 1 N–H and O–H groups in total. The molecule has 0 aliphatic heterocycles. The highest BCUT2D eigenvalue weighted by atomic mass is 16.5. The van der Waals surface area contributed by atoms with Gasteiger partial charge in [0.15, 0.2) is 5.75 Å². The lowest BCUT2D eigenvalue weighted by Gasteiger charge is -2.24. The average molecular weight is 260 g/mol. The maximum atomic E-state index is 10.5. The number of aliphatic hydroxyl groups is 1. The van der Waals surface area contributed by atoms with Gasteiger partial charge in [-0.05, 0) is 26.3 Å². The van der Waals surface area contributed by atoms with E-state index in [1.54, 1.807) is 11.6 Å². The van der Waals surface area contributed by atoms with Crippen LogP contribution >= 0.6 is 0 Å². The zero-order valence-corrected chi connectivity index (χ0v) is 11.8. The largest absolute Gasteiger partial charge is 0.486 e. The third-order valence-electron chi connectivity index (χ3n) is 3.34. The molecule has 0 aliphatic rings. The lowest BCUT2D eigenvalue weighted by molar-refractivity contribution is 0.00716. The molecule has 0 aliphatic carbocycles. The molecule has 1 atom stereocenters. The normalized spacial score (nSPS) is 14.2. The van der Waals surface area contributed by atoms with Crippen LogP contribution in [0.25, 0.3) is 0 Å². The van der Waals surface area contributed by atoms with E-state index >= 15 is 0 Å². The summed E-state index contributed by atoms with van der Waals surface area (Å²) in [4.78, 5) is 0. The quantitative estimate of drug-likeness (QED) is 0.917. The van der Waals surface area contributed by atoms with Gasteiger partial charge in [0.2, 0.25) is 0 Å². The van der Waals surface area contributed by atoms with Crippen LogP contribution in [-0.4, -0.2) is 21.5 Å². The van der Waals surface area contributed by atoms with Crippen molar-refractivity contribution in [1.29, 1.82) is 0 Å². The molecule has 1 heterocycles. The lowest BCUT2D eigenvalue weighted by atomic mass is 9.97. The van der Waals surface area contributed by atoms with Crippen LogP contribution in [-0.2, 0) is 12.6 Å². The van der Waals surface area contributed by atoms with Gasteiger partial charge in [-0.15, -0.1) is 0 Å². The minimum Gasteiger partial charge on any atom is -0.486 e. The van der Waals surface area contributed by atoms with E-state index in [0.29, 0.717) is 0 Å². The first-order valence-electron chi connectivity index (χ1n) is 6.33. The minimum absolute atomic E-state index is 0.199. The van der Waals surface area contributed by atoms with E-state index < -0.39 is 5.60 Å². The Balaban J connectivity index is 2.14. The number of aromatic nitrogens is 2. The van der Waals surface area contributed by atoms with Crippen molar-refractivity contribution in [3.63, 3.8) is 0 Å². The molecule has 2 aromatic rings. The van der Waals surface area contributed by atoms with Crippen molar-refractivity contribution in [2.45, 2.75) is 26.4 Å². The Labute approximate surface area is 113 Å². The molecule has 0 saturated carbocycles. The number of aryl methyl sites for hydroxylation is 2. The lowest BCUT2D eigenvalue weighted by Crippen LogP contribution is -2.29. The van der Waals surface area contributed by atoms with Crippen LogP contribution in [0.4, 0.5) is 0 Å². The standard InChI is InChI=1S/C15H20N2O2/c1-11-14(12(2)17(4)16-11)19-10-15(3,18)13-8-6-5-7-9-13/h5-9,18H,10H2,1-4H3. The van der Waals surface area contributed by atoms with Gasteiger partial charge in [0.25, 0.3) is 0 Å². The molecule has 1 aromatic carbocycles. The monoisotopic (exact) mass is 260 g/mol. The summed E-state index contributed by atoms with van der Waals surface area (Å²) < 4.78 is 7.55. The van der Waals surface area contributed by atoms with Gasteiger partial charge in [-0.2, -0.15) is 5.10 Å². The van der Waals surface area contributed by atoms with Crippen molar-refractivity contribution in [1.82, 2.24) is 9.78 Å². The van der Waals surface area contributed by atoms with E-state index in [9.17, 15) is 5.11 Å². The Morgan fingerprint density at radius 2 is 1.89 bits per heavy atom. The Morgan fingerprint density at radius 3 is 2.42 bits per heavy atom. The van der Waals surface area contributed by atoms with Crippen LogP contribution in [0.2, 0.25) is 0 Å². The fourth-order valence-electron chi connectivity index (χ4n) is 2.06. The Kier molecular flexibility index (Phi) is 3.62. The van der Waals surface area contributed by atoms with Crippen molar-refractivity contribution >= 4 is 0 Å². The molecule has 1 unspecified atom stereocenters. The summed E-state index contributed by atoms with van der Waals surface area (Å²) in [6.45, 7) is 5.81. The molecule has 0 bridgehead atoms. The predicted octanol–water partition coefficient (Wildman–Crippen LogP) is 2.32. The van der Waals surface area contributed by atoms with Crippen LogP contribution in [0.15, 0.2) is 30.3 Å². The van der Waals surface area contributed by atoms with Gasteiger partial charge in [0.05, 0.1) is 5.69 Å². The van der Waals surface area contributed by atoms with Crippen molar-refractivity contribution in [3.8, 4) is 5.75 Å². The summed E-state index contributed by atoms with van der Waals surface area (Å²) in [7, 11) is 1.88. The van der Waals surface area contributed by atoms with Gasteiger partial charge >= 0.3 is 0 Å². The molecule has 0 saturated heterocycles. The number of benzene rings is 1. The molecule has 0 fully saturated rings. The van der Waals surface area contributed by atoms with E-state index in [-0.39, 0.29) is 6.61 Å². The van der Waals surface area contributed by atoms with Crippen LogP contribution < -0.4 is 4.74 Å². The van der Waals surface area contributed by atoms with Crippen molar-refractivity contribution < 1.29 is 9.84 Å². The fraction of sp³-hybridized carbons (Fsp3) is 0.400. The molecule has 0 radical (unpaired) electrons. The third kappa shape index (κ3) is 2.79. The second kappa shape index (κ2) is 5.05. The van der Waals surface area contributed by atoms with E-state index in [4.69, 9.17) is 4.74 Å². The van der Waals surface area contributed by atoms with Crippen LogP contribution in [0.5, 0.6) is 5.75 Å². The van der Waals surface area contributed by atoms with Gasteiger partial charge < -0.3 is 9.84 Å². The molecule has 4 heteroatoms. The molecule has 4 nitrogen and oxygen atoms in total. The second-order valence-electron chi connectivity index (χ2n) is 5.05. The first-order valence-corrected chi connectivity index (χ1v) is 6.33. The molecule has 0 spiro atoms. The van der Waals surface area contributed by atoms with Gasteiger partial charge in [-0.1, -0.05) is 30.3 Å². The summed E-state index contributed by atoms with van der Waals surface area (Å²) in [5, 5.41) is 14.8. The maximum Gasteiger partial charge on any atom is 0.163 e. The van der Waals surface area contributed by atoms with Crippen LogP contribution in [0.3, 0.4) is 0 Å². The summed E-state index contributed by atoms with van der Waals surface area (Å²) in [6.07, 6.45) is 0. The van der Waals surface area contributed by atoms with Crippen LogP contribution in [0, 0.1) is 13.8 Å². The zero-order chi connectivity index (χ0) is 14.0. The predicted molar refractivity (Wildman–Crippen MR) is 74.2 cm³/mol. The summed E-state index contributed by atoms with van der Waals surface area (Å²) in [6, 6.07) is 9.53. The summed E-state index contributed by atoms with van der Waals surface area (Å²) in [5.74, 6) is 0.749. The van der Waals surface area contributed by atoms with Gasteiger partial charge in [-0.25, -0.2) is 0 Å². The number of nitrogens with zero attached hydrogens (tertiary/aromatic N) is 2. The molecule has 102 valence electrons. The summed E-state index contributed by atoms with van der Waals surface area (Å²) >= 11 is 0. The highest BCUT2D eigenvalue weighted by Gasteiger charge is 2.25. The van der Waals surface area contributed by atoms with Crippen molar-refractivity contribution in [2.75, 3.05) is 6.61 Å². The smallest absolute Gasteiger partial charge is 0.163 e. The fourth-order valence-corrected chi connectivity index (χ4v) is 2.06. The molecular weight excluding hydrogens is 240 g/mol. The average Bonchev–Trinajstić information content (AvgIpc) is 2.62. The van der Waals surface area contributed by atoms with Gasteiger partial charge in [0.1, 0.15) is 17.9 Å². The molecule has 0 amide bonds. The minimum atomic E-state index is -1.02. The molecule has 19 heavy (non-hydrogen) atoms. The summed E-state index contributed by atoms with van der Waals surface area (Å²) in [5.41, 5.74) is 1.62. The highest BCUT2D eigenvalue weighted by Crippen LogP contribution is 2.26. The topological polar surface area (TPSA) is 47.3 Å². The Bertz CT molecular complexity index is 559. The molecular formula is C15H20N2O2. The first-order chi connectivity index (χ1) is 8.92. The first kappa shape index (κ1) is 13.6. The van der Waals surface area contributed by atoms with Crippen molar-refractivity contribution in [3.05, 3.63) is 47.3 Å². The second-order valence-corrected chi connectivity index (χ2v) is 5.05. The molecule has 2 rings (SSSR count). The number of hydrogen-bond acceptors (Lipinski definition) is 3. The zero-order valence-electron chi connectivity index (χ0n) is 11.8. The van der Waals surface area contributed by atoms with E-state index in [0.717, 1.165) is 22.7 Å². The number of ether oxygens (including phenoxy) is 1. The van der Waals surface area contributed by atoms with Crippen molar-refractivity contribution in [2.24, 2.45) is 7.05 Å². The third-order valence-corrected chi connectivity index (χ3v) is 3.34. The maximum absolute atomic E-state index is 10.5. The number of hydrogen-bond donors (Lipinski definition) is 1. The Hall–Kier alpha value is -1.81. The van der Waals surface area contributed by atoms with Crippen LogP contribution in [0.1, 0.15) is 23.9 Å². The SMILES string of the molecule is Cc1nn(C)c(C)c1OCC(C)(O)c1ccccc1. The van der Waals surface area contributed by atoms with Gasteiger partial charge in [-0.3, -0.25) is 4.68 Å². The molecule has 1 aromatic heterocycles. The highest BCUT2D eigenvalue weighted by molar-refractivity contribution is 5.32. The number of rotatable bonds is 4. The van der Waals surface area contributed by atoms with E-state index in [1.807, 2.05) is 51.2 Å². The Morgan fingerprint density at radius 1 is 1.26 bits per heavy atom.